The van der Waals surface area contributed by atoms with E-state index in [0.717, 1.165) is 28.1 Å². The van der Waals surface area contributed by atoms with Gasteiger partial charge in [-0.2, -0.15) is 4.98 Å². The molecule has 0 saturated heterocycles. The minimum atomic E-state index is -0.499. The Labute approximate surface area is 184 Å². The molecule has 0 radical (unpaired) electrons. The van der Waals surface area contributed by atoms with Crippen LogP contribution in [0.3, 0.4) is 0 Å². The quantitative estimate of drug-likeness (QED) is 0.430. The highest BCUT2D eigenvalue weighted by molar-refractivity contribution is 7.98. The zero-order valence-electron chi connectivity index (χ0n) is 16.9. The molecule has 1 aliphatic heterocycles. The molecule has 4 aromatic rings. The molecular weight excluding hydrogens is 408 g/mol. The lowest BCUT2D eigenvalue weighted by Gasteiger charge is -2.22. The van der Waals surface area contributed by atoms with Crippen LogP contribution in [0.2, 0.25) is 0 Å². The van der Waals surface area contributed by atoms with Gasteiger partial charge in [0.25, 0.3) is 0 Å². The van der Waals surface area contributed by atoms with Crippen molar-refractivity contribution in [3.05, 3.63) is 90.0 Å². The molecule has 6 nitrogen and oxygen atoms in total. The molecule has 0 bridgehead atoms. The third-order valence-electron chi connectivity index (χ3n) is 4.95. The van der Waals surface area contributed by atoms with E-state index in [4.69, 9.17) is 9.47 Å². The van der Waals surface area contributed by atoms with Crippen LogP contribution in [-0.4, -0.2) is 21.4 Å². The van der Waals surface area contributed by atoms with Crippen LogP contribution in [0.15, 0.2) is 84.0 Å². The summed E-state index contributed by atoms with van der Waals surface area (Å²) >= 11 is 1.43. The largest absolute Gasteiger partial charge is 0.488 e. The van der Waals surface area contributed by atoms with Crippen molar-refractivity contribution in [3.63, 3.8) is 0 Å². The van der Waals surface area contributed by atoms with E-state index in [-0.39, 0.29) is 0 Å². The molecular formula is C24H20N4O2S. The van der Waals surface area contributed by atoms with E-state index in [1.807, 2.05) is 85.1 Å². The van der Waals surface area contributed by atoms with Gasteiger partial charge in [-0.25, -0.2) is 0 Å². The number of anilines is 1. The second kappa shape index (κ2) is 8.65. The zero-order valence-corrected chi connectivity index (χ0v) is 17.7. The Morgan fingerprint density at radius 2 is 1.71 bits per heavy atom. The van der Waals surface area contributed by atoms with Crippen LogP contribution in [0, 0.1) is 0 Å². The van der Waals surface area contributed by atoms with Crippen LogP contribution in [0.5, 0.6) is 11.6 Å². The van der Waals surface area contributed by atoms with Crippen LogP contribution in [0.25, 0.3) is 11.3 Å². The maximum absolute atomic E-state index is 6.34. The van der Waals surface area contributed by atoms with Gasteiger partial charge in [0, 0.05) is 11.3 Å². The van der Waals surface area contributed by atoms with Gasteiger partial charge in [0.05, 0.1) is 5.56 Å². The Hall–Kier alpha value is -3.58. The summed E-state index contributed by atoms with van der Waals surface area (Å²) in [5.41, 5.74) is 4.40. The number of aromatic nitrogens is 3. The molecule has 1 atom stereocenters. The maximum atomic E-state index is 6.34. The lowest BCUT2D eigenvalue weighted by atomic mass is 10.1. The minimum absolute atomic E-state index is 0.444. The lowest BCUT2D eigenvalue weighted by molar-refractivity contribution is 0.214. The van der Waals surface area contributed by atoms with Gasteiger partial charge < -0.3 is 14.8 Å². The van der Waals surface area contributed by atoms with Crippen LogP contribution in [-0.2, 0) is 6.61 Å². The number of benzene rings is 3. The van der Waals surface area contributed by atoms with Gasteiger partial charge in [0.2, 0.25) is 17.3 Å². The zero-order chi connectivity index (χ0) is 21.0. The predicted octanol–water partition coefficient (Wildman–Crippen LogP) is 5.34. The fourth-order valence-corrected chi connectivity index (χ4v) is 3.74. The van der Waals surface area contributed by atoms with Crippen molar-refractivity contribution < 1.29 is 9.47 Å². The number of thioether (sulfide) groups is 1. The lowest BCUT2D eigenvalue weighted by Crippen LogP contribution is -2.18. The summed E-state index contributed by atoms with van der Waals surface area (Å²) < 4.78 is 12.5. The molecule has 0 aliphatic carbocycles. The van der Waals surface area contributed by atoms with Gasteiger partial charge in [0.1, 0.15) is 12.4 Å². The molecule has 0 amide bonds. The topological polar surface area (TPSA) is 69.2 Å². The molecule has 7 heteroatoms. The molecule has 3 aromatic carbocycles. The summed E-state index contributed by atoms with van der Waals surface area (Å²) in [6.07, 6.45) is 1.41. The second-order valence-electron chi connectivity index (χ2n) is 6.95. The van der Waals surface area contributed by atoms with Crippen molar-refractivity contribution in [1.82, 2.24) is 15.2 Å². The molecule has 31 heavy (non-hydrogen) atoms. The van der Waals surface area contributed by atoms with Crippen LogP contribution in [0.4, 0.5) is 5.69 Å². The predicted molar refractivity (Wildman–Crippen MR) is 121 cm³/mol. The monoisotopic (exact) mass is 428 g/mol. The van der Waals surface area contributed by atoms with Crippen molar-refractivity contribution in [2.75, 3.05) is 11.6 Å². The molecule has 0 spiro atoms. The number of para-hydroxylation sites is 2. The highest BCUT2D eigenvalue weighted by atomic mass is 32.2. The normalized spacial score (nSPS) is 14.4. The minimum Gasteiger partial charge on any atom is -0.488 e. The van der Waals surface area contributed by atoms with Crippen molar-refractivity contribution in [1.29, 1.82) is 0 Å². The van der Waals surface area contributed by atoms with E-state index in [0.29, 0.717) is 23.3 Å². The van der Waals surface area contributed by atoms with Gasteiger partial charge in [-0.15, -0.1) is 10.2 Å². The van der Waals surface area contributed by atoms with Gasteiger partial charge in [-0.3, -0.25) is 0 Å². The number of nitrogens with zero attached hydrogens (tertiary/aromatic N) is 3. The number of nitrogens with one attached hydrogen (secondary N) is 1. The average molecular weight is 429 g/mol. The van der Waals surface area contributed by atoms with Gasteiger partial charge in [-0.1, -0.05) is 72.4 Å². The van der Waals surface area contributed by atoms with Gasteiger partial charge >= 0.3 is 0 Å². The van der Waals surface area contributed by atoms with Gasteiger partial charge in [0.15, 0.2) is 5.69 Å². The summed E-state index contributed by atoms with van der Waals surface area (Å²) in [6, 6.07) is 25.9. The van der Waals surface area contributed by atoms with Crippen LogP contribution >= 0.6 is 11.8 Å². The molecule has 1 N–H and O–H groups in total. The first-order valence-corrected chi connectivity index (χ1v) is 11.1. The number of fused-ring (bicyclic) bond motifs is 3. The van der Waals surface area contributed by atoms with Crippen LogP contribution in [0.1, 0.15) is 17.4 Å². The SMILES string of the molecule is CSc1nnc2c(n1)O[C@H](c1ccccc1OCc1ccccc1)Nc1ccccc1-2. The first kappa shape index (κ1) is 19.4. The third kappa shape index (κ3) is 4.04. The summed E-state index contributed by atoms with van der Waals surface area (Å²) in [5.74, 6) is 1.19. The molecule has 1 aromatic heterocycles. The van der Waals surface area contributed by atoms with E-state index in [2.05, 4.69) is 20.5 Å². The van der Waals surface area contributed by atoms with E-state index >= 15 is 0 Å². The van der Waals surface area contributed by atoms with Crippen molar-refractivity contribution >= 4 is 17.4 Å². The fraction of sp³-hybridized carbons (Fsp3) is 0.125. The van der Waals surface area contributed by atoms with Crippen molar-refractivity contribution in [3.8, 4) is 22.9 Å². The Balaban J connectivity index is 1.52. The van der Waals surface area contributed by atoms with Crippen molar-refractivity contribution in [2.45, 2.75) is 18.0 Å². The molecule has 1 aliphatic rings. The Morgan fingerprint density at radius 1 is 0.935 bits per heavy atom. The highest BCUT2D eigenvalue weighted by Gasteiger charge is 2.27. The van der Waals surface area contributed by atoms with E-state index < -0.39 is 6.23 Å². The van der Waals surface area contributed by atoms with E-state index in [1.165, 1.54) is 11.8 Å². The molecule has 0 saturated carbocycles. The van der Waals surface area contributed by atoms with Crippen LogP contribution < -0.4 is 14.8 Å². The first-order valence-electron chi connectivity index (χ1n) is 9.89. The maximum Gasteiger partial charge on any atom is 0.247 e. The van der Waals surface area contributed by atoms with E-state index in [9.17, 15) is 0 Å². The highest BCUT2D eigenvalue weighted by Crippen LogP contribution is 2.41. The first-order chi connectivity index (χ1) is 15.3. The molecule has 5 rings (SSSR count). The summed E-state index contributed by atoms with van der Waals surface area (Å²) in [5, 5.41) is 12.6. The average Bonchev–Trinajstić information content (AvgIpc) is 3.00. The number of hydrogen-bond acceptors (Lipinski definition) is 7. The smallest absolute Gasteiger partial charge is 0.247 e. The molecule has 2 heterocycles. The van der Waals surface area contributed by atoms with E-state index in [1.54, 1.807) is 0 Å². The molecule has 154 valence electrons. The summed E-state index contributed by atoms with van der Waals surface area (Å²) in [6.45, 7) is 0.470. The van der Waals surface area contributed by atoms with Gasteiger partial charge in [-0.05, 0) is 30.0 Å². The number of hydrogen-bond donors (Lipinski definition) is 1. The molecule has 0 fully saturated rings. The molecule has 0 unspecified atom stereocenters. The summed E-state index contributed by atoms with van der Waals surface area (Å²) in [7, 11) is 0. The Kier molecular flexibility index (Phi) is 5.41. The number of rotatable bonds is 5. The standard InChI is InChI=1S/C24H20N4O2S/c1-31-24-26-23-21(27-28-24)17-11-5-7-13-19(17)25-22(30-23)18-12-6-8-14-20(18)29-15-16-9-3-2-4-10-16/h2-14,22,25H,15H2,1H3/t22-/m1/s1. The second-order valence-corrected chi connectivity index (χ2v) is 7.73. The third-order valence-corrected chi connectivity index (χ3v) is 5.49. The Bertz CT molecular complexity index is 1200. The summed E-state index contributed by atoms with van der Waals surface area (Å²) in [4.78, 5) is 4.58. The van der Waals surface area contributed by atoms with Crippen molar-refractivity contribution in [2.24, 2.45) is 0 Å². The number of ether oxygens (including phenoxy) is 2. The fourth-order valence-electron chi connectivity index (χ4n) is 3.44. The Morgan fingerprint density at radius 3 is 2.58 bits per heavy atom.